The van der Waals surface area contributed by atoms with Gasteiger partial charge in [0, 0.05) is 6.08 Å². The van der Waals surface area contributed by atoms with E-state index in [9.17, 15) is 4.79 Å². The first-order valence-electron chi connectivity index (χ1n) is 3.10. The molecule has 0 fully saturated rings. The molecule has 1 radical (unpaired) electrons. The normalized spacial score (nSPS) is 9.50. The quantitative estimate of drug-likeness (QED) is 0.318. The molecule has 0 aromatic heterocycles. The Labute approximate surface area is 61.3 Å². The van der Waals surface area contributed by atoms with Gasteiger partial charge in [0.05, 0.1) is 0 Å². The van der Waals surface area contributed by atoms with Gasteiger partial charge in [-0.15, -0.1) is 0 Å². The van der Waals surface area contributed by atoms with Crippen molar-refractivity contribution in [1.29, 1.82) is 0 Å². The minimum Gasteiger partial charge on any atom is -0.456 e. The summed E-state index contributed by atoms with van der Waals surface area (Å²) in [5, 5.41) is 0. The SMILES string of the molecule is C=CC(=O)OCC[N+](C)C. The summed E-state index contributed by atoms with van der Waals surface area (Å²) in [5.41, 5.74) is 0. The van der Waals surface area contributed by atoms with Gasteiger partial charge in [-0.1, -0.05) is 6.58 Å². The number of carbonyl (C=O) groups excluding carboxylic acids is 1. The van der Waals surface area contributed by atoms with Gasteiger partial charge in [0.2, 0.25) is 0 Å². The lowest BCUT2D eigenvalue weighted by Gasteiger charge is -2.00. The Balaban J connectivity index is 3.19. The van der Waals surface area contributed by atoms with Crippen LogP contribution in [0.4, 0.5) is 0 Å². The summed E-state index contributed by atoms with van der Waals surface area (Å²) in [6.45, 7) is 4.45. The molecule has 0 saturated heterocycles. The van der Waals surface area contributed by atoms with Crippen molar-refractivity contribution in [3.8, 4) is 0 Å². The molecule has 0 atom stereocenters. The van der Waals surface area contributed by atoms with Crippen LogP contribution in [0.3, 0.4) is 0 Å². The Hall–Kier alpha value is -0.830. The summed E-state index contributed by atoms with van der Waals surface area (Å²) >= 11 is 0. The first-order chi connectivity index (χ1) is 4.66. The van der Waals surface area contributed by atoms with Gasteiger partial charge in [-0.05, 0) is 0 Å². The highest BCUT2D eigenvalue weighted by molar-refractivity contribution is 5.81. The Bertz CT molecular complexity index is 121. The van der Waals surface area contributed by atoms with Gasteiger partial charge in [-0.3, -0.25) is 0 Å². The number of nitrogens with zero attached hydrogens (tertiary/aromatic N) is 1. The summed E-state index contributed by atoms with van der Waals surface area (Å²) in [6, 6.07) is 0. The van der Waals surface area contributed by atoms with Crippen LogP contribution in [-0.2, 0) is 9.53 Å². The van der Waals surface area contributed by atoms with E-state index >= 15 is 0 Å². The predicted octanol–water partition coefficient (Wildman–Crippen LogP) is 0.115. The van der Waals surface area contributed by atoms with Crippen LogP contribution < -0.4 is 4.90 Å². The van der Waals surface area contributed by atoms with E-state index in [0.29, 0.717) is 6.61 Å². The van der Waals surface area contributed by atoms with E-state index < -0.39 is 0 Å². The lowest BCUT2D eigenvalue weighted by molar-refractivity contribution is -0.137. The average molecular weight is 143 g/mol. The summed E-state index contributed by atoms with van der Waals surface area (Å²) in [5.74, 6) is -0.359. The molecule has 10 heavy (non-hydrogen) atoms. The van der Waals surface area contributed by atoms with Crippen LogP contribution in [0, 0.1) is 0 Å². The molecule has 3 nitrogen and oxygen atoms in total. The van der Waals surface area contributed by atoms with Crippen LogP contribution in [0.5, 0.6) is 0 Å². The smallest absolute Gasteiger partial charge is 0.330 e. The Morgan fingerprint density at radius 2 is 2.30 bits per heavy atom. The van der Waals surface area contributed by atoms with E-state index in [-0.39, 0.29) is 5.97 Å². The highest BCUT2D eigenvalue weighted by Crippen LogP contribution is 1.78. The molecule has 0 aliphatic carbocycles. The average Bonchev–Trinajstić information content (AvgIpc) is 1.87. The van der Waals surface area contributed by atoms with E-state index in [4.69, 9.17) is 4.74 Å². The van der Waals surface area contributed by atoms with Crippen molar-refractivity contribution in [3.63, 3.8) is 0 Å². The molecular weight excluding hydrogens is 130 g/mol. The van der Waals surface area contributed by atoms with Gasteiger partial charge < -0.3 is 4.74 Å². The molecule has 0 amide bonds. The summed E-state index contributed by atoms with van der Waals surface area (Å²) in [4.78, 5) is 12.4. The zero-order valence-electron chi connectivity index (χ0n) is 6.46. The van der Waals surface area contributed by atoms with Crippen LogP contribution in [-0.4, -0.2) is 33.2 Å². The molecule has 0 aromatic carbocycles. The van der Waals surface area contributed by atoms with Gasteiger partial charge in [-0.25, -0.2) is 4.79 Å². The van der Waals surface area contributed by atoms with Crippen LogP contribution in [0.1, 0.15) is 0 Å². The fraction of sp³-hybridized carbons (Fsp3) is 0.571. The van der Waals surface area contributed by atoms with Crippen molar-refractivity contribution < 1.29 is 9.53 Å². The number of esters is 1. The fourth-order valence-corrected chi connectivity index (χ4v) is 0.388. The monoisotopic (exact) mass is 143 g/mol. The Morgan fingerprint density at radius 1 is 1.70 bits per heavy atom. The molecule has 0 aliphatic rings. The molecule has 0 aromatic rings. The summed E-state index contributed by atoms with van der Waals surface area (Å²) < 4.78 is 4.70. The van der Waals surface area contributed by atoms with Crippen molar-refractivity contribution >= 4 is 5.97 Å². The van der Waals surface area contributed by atoms with Crippen molar-refractivity contribution in [3.05, 3.63) is 12.7 Å². The molecule has 57 valence electrons. The second-order valence-corrected chi connectivity index (χ2v) is 2.17. The lowest BCUT2D eigenvalue weighted by Crippen LogP contribution is -2.24. The number of ether oxygens (including phenoxy) is 1. The van der Waals surface area contributed by atoms with Gasteiger partial charge in [0.25, 0.3) is 0 Å². The number of likely N-dealkylation sites (N-methyl/N-ethyl adjacent to an activating group) is 1. The number of carbonyl (C=O) groups is 1. The van der Waals surface area contributed by atoms with E-state index in [0.717, 1.165) is 12.6 Å². The molecule has 3 heteroatoms. The number of hydrogen-bond donors (Lipinski definition) is 0. The van der Waals surface area contributed by atoms with E-state index in [1.165, 1.54) is 0 Å². The van der Waals surface area contributed by atoms with Gasteiger partial charge in [0.15, 0.2) is 6.54 Å². The largest absolute Gasteiger partial charge is 0.456 e. The zero-order chi connectivity index (χ0) is 7.98. The minimum absolute atomic E-state index is 0.359. The second-order valence-electron chi connectivity index (χ2n) is 2.17. The van der Waals surface area contributed by atoms with Crippen molar-refractivity contribution in [2.75, 3.05) is 27.2 Å². The molecule has 0 saturated carbocycles. The van der Waals surface area contributed by atoms with Crippen molar-refractivity contribution in [2.24, 2.45) is 0 Å². The van der Waals surface area contributed by atoms with Gasteiger partial charge in [0.1, 0.15) is 20.7 Å². The first-order valence-corrected chi connectivity index (χ1v) is 3.10. The van der Waals surface area contributed by atoms with E-state index in [2.05, 4.69) is 6.58 Å². The molecule has 0 aliphatic heterocycles. The van der Waals surface area contributed by atoms with E-state index in [1.54, 1.807) is 0 Å². The third kappa shape index (κ3) is 5.31. The van der Waals surface area contributed by atoms with E-state index in [1.807, 2.05) is 19.0 Å². The molecular formula is C7H13NO2+. The molecule has 0 N–H and O–H groups in total. The maximum Gasteiger partial charge on any atom is 0.330 e. The summed E-state index contributed by atoms with van der Waals surface area (Å²) in [7, 11) is 3.84. The third-order valence-corrected chi connectivity index (χ3v) is 0.949. The van der Waals surface area contributed by atoms with Gasteiger partial charge in [-0.2, -0.15) is 4.90 Å². The lowest BCUT2D eigenvalue weighted by atomic mass is 10.6. The fourth-order valence-electron chi connectivity index (χ4n) is 0.388. The molecule has 0 rings (SSSR count). The maximum absolute atomic E-state index is 10.4. The topological polar surface area (TPSA) is 32.2 Å². The van der Waals surface area contributed by atoms with Crippen molar-refractivity contribution in [1.82, 2.24) is 4.90 Å². The number of hydrogen-bond acceptors (Lipinski definition) is 3. The third-order valence-electron chi connectivity index (χ3n) is 0.949. The minimum atomic E-state index is -0.359. The van der Waals surface area contributed by atoms with Crippen LogP contribution in [0.25, 0.3) is 0 Å². The number of rotatable bonds is 4. The molecule has 0 unspecified atom stereocenters. The Morgan fingerprint density at radius 3 is 2.70 bits per heavy atom. The van der Waals surface area contributed by atoms with Crippen LogP contribution in [0.2, 0.25) is 0 Å². The molecule has 0 bridgehead atoms. The van der Waals surface area contributed by atoms with Crippen LogP contribution >= 0.6 is 0 Å². The van der Waals surface area contributed by atoms with Crippen molar-refractivity contribution in [2.45, 2.75) is 0 Å². The maximum atomic E-state index is 10.4. The van der Waals surface area contributed by atoms with Gasteiger partial charge >= 0.3 is 5.97 Å². The summed E-state index contributed by atoms with van der Waals surface area (Å²) in [6.07, 6.45) is 1.16. The highest BCUT2D eigenvalue weighted by Gasteiger charge is 2.00. The Kier molecular flexibility index (Phi) is 4.58. The highest BCUT2D eigenvalue weighted by atomic mass is 16.5. The standard InChI is InChI=1S/C7H13NO2/c1-4-7(9)10-6-5-8(2)3/h4H,1,5-6H2,2-3H3/q+1. The predicted molar refractivity (Wildman–Crippen MR) is 40.0 cm³/mol. The molecule has 0 heterocycles. The zero-order valence-corrected chi connectivity index (χ0v) is 6.46. The van der Waals surface area contributed by atoms with Crippen LogP contribution in [0.15, 0.2) is 12.7 Å². The molecule has 0 spiro atoms. The second kappa shape index (κ2) is 4.99. The first kappa shape index (κ1) is 9.17.